The van der Waals surface area contributed by atoms with Gasteiger partial charge in [0, 0.05) is 18.6 Å². The Hall–Kier alpha value is -1.97. The van der Waals surface area contributed by atoms with Crippen LogP contribution in [-0.2, 0) is 4.79 Å². The highest BCUT2D eigenvalue weighted by atomic mass is 16.6. The molecule has 0 aromatic heterocycles. The van der Waals surface area contributed by atoms with E-state index < -0.39 is 4.92 Å². The van der Waals surface area contributed by atoms with E-state index in [9.17, 15) is 14.9 Å². The van der Waals surface area contributed by atoms with E-state index >= 15 is 0 Å². The molecule has 0 aliphatic heterocycles. The van der Waals surface area contributed by atoms with E-state index in [1.165, 1.54) is 18.2 Å². The van der Waals surface area contributed by atoms with Gasteiger partial charge in [0.25, 0.3) is 5.69 Å². The van der Waals surface area contributed by atoms with Crippen molar-refractivity contribution in [1.82, 2.24) is 0 Å². The number of nitro groups is 1. The Labute approximate surface area is 93.7 Å². The lowest BCUT2D eigenvalue weighted by molar-refractivity contribution is -0.384. The van der Waals surface area contributed by atoms with Crippen molar-refractivity contribution in [3.63, 3.8) is 0 Å². The summed E-state index contributed by atoms with van der Waals surface area (Å²) < 4.78 is 0. The highest BCUT2D eigenvalue weighted by Gasteiger charge is 2.02. The molecule has 0 bridgehead atoms. The van der Waals surface area contributed by atoms with Gasteiger partial charge in [0.2, 0.25) is 0 Å². The number of non-ortho nitro benzene ring substituents is 1. The zero-order chi connectivity index (χ0) is 12.0. The van der Waals surface area contributed by atoms with Crippen LogP contribution in [0.15, 0.2) is 30.3 Å². The minimum absolute atomic E-state index is 0.0528. The summed E-state index contributed by atoms with van der Waals surface area (Å²) in [5.74, 6) is 0.0702. The summed E-state index contributed by atoms with van der Waals surface area (Å²) in [6, 6.07) is 6.08. The predicted octanol–water partition coefficient (Wildman–Crippen LogP) is 2.98. The first-order chi connectivity index (χ1) is 7.63. The lowest BCUT2D eigenvalue weighted by atomic mass is 10.1. The summed E-state index contributed by atoms with van der Waals surface area (Å²) in [6.45, 7) is 1.94. The Morgan fingerprint density at radius 2 is 2.00 bits per heavy atom. The molecule has 0 radical (unpaired) electrons. The summed E-state index contributed by atoms with van der Waals surface area (Å²) in [5.41, 5.74) is 0.840. The minimum Gasteiger partial charge on any atom is -0.295 e. The van der Waals surface area contributed by atoms with E-state index in [4.69, 9.17) is 0 Å². The first-order valence-corrected chi connectivity index (χ1v) is 5.09. The van der Waals surface area contributed by atoms with Crippen LogP contribution >= 0.6 is 0 Å². The lowest BCUT2D eigenvalue weighted by Crippen LogP contribution is -1.90. The predicted molar refractivity (Wildman–Crippen MR) is 62.0 cm³/mol. The number of hydrogen-bond acceptors (Lipinski definition) is 3. The number of nitrogens with zero attached hydrogens (tertiary/aromatic N) is 1. The zero-order valence-corrected chi connectivity index (χ0v) is 9.05. The molecule has 0 aliphatic rings. The normalized spacial score (nSPS) is 10.6. The SMILES string of the molecule is CCCC(=O)/C=C/c1ccc([N+](=O)[O-])cc1. The maximum absolute atomic E-state index is 11.2. The quantitative estimate of drug-likeness (QED) is 0.434. The molecule has 16 heavy (non-hydrogen) atoms. The van der Waals surface area contributed by atoms with Crippen molar-refractivity contribution >= 4 is 17.5 Å². The van der Waals surface area contributed by atoms with Gasteiger partial charge in [0.15, 0.2) is 5.78 Å². The van der Waals surface area contributed by atoms with Crippen molar-refractivity contribution in [3.05, 3.63) is 46.0 Å². The first kappa shape index (κ1) is 12.1. The van der Waals surface area contributed by atoms with Crippen molar-refractivity contribution in [3.8, 4) is 0 Å². The van der Waals surface area contributed by atoms with Crippen LogP contribution in [0.5, 0.6) is 0 Å². The fourth-order valence-electron chi connectivity index (χ4n) is 1.23. The van der Waals surface area contributed by atoms with Crippen LogP contribution in [0.4, 0.5) is 5.69 Å². The fraction of sp³-hybridized carbons (Fsp3) is 0.250. The van der Waals surface area contributed by atoms with Crippen LogP contribution in [0.2, 0.25) is 0 Å². The smallest absolute Gasteiger partial charge is 0.269 e. The minimum atomic E-state index is -0.449. The van der Waals surface area contributed by atoms with Gasteiger partial charge in [-0.25, -0.2) is 0 Å². The van der Waals surface area contributed by atoms with Crippen molar-refractivity contribution in [1.29, 1.82) is 0 Å². The number of nitro benzene ring substituents is 1. The number of allylic oxidation sites excluding steroid dienone is 1. The molecule has 0 amide bonds. The zero-order valence-electron chi connectivity index (χ0n) is 9.05. The molecule has 0 saturated carbocycles. The van der Waals surface area contributed by atoms with Gasteiger partial charge in [-0.15, -0.1) is 0 Å². The molecule has 1 aromatic carbocycles. The monoisotopic (exact) mass is 219 g/mol. The summed E-state index contributed by atoms with van der Waals surface area (Å²) in [6.07, 6.45) is 4.53. The average Bonchev–Trinajstić information content (AvgIpc) is 2.27. The maximum Gasteiger partial charge on any atom is 0.269 e. The Morgan fingerprint density at radius 3 is 2.50 bits per heavy atom. The van der Waals surface area contributed by atoms with Crippen molar-refractivity contribution < 1.29 is 9.72 Å². The third-order valence-electron chi connectivity index (χ3n) is 2.06. The van der Waals surface area contributed by atoms with Crippen LogP contribution in [-0.4, -0.2) is 10.7 Å². The number of carbonyl (C=O) groups is 1. The molecular weight excluding hydrogens is 206 g/mol. The average molecular weight is 219 g/mol. The summed E-state index contributed by atoms with van der Waals surface area (Å²) in [7, 11) is 0. The van der Waals surface area contributed by atoms with Crippen molar-refractivity contribution in [2.24, 2.45) is 0 Å². The molecule has 0 unspecified atom stereocenters. The van der Waals surface area contributed by atoms with Gasteiger partial charge in [-0.3, -0.25) is 14.9 Å². The maximum atomic E-state index is 11.2. The third-order valence-corrected chi connectivity index (χ3v) is 2.06. The Bertz CT molecular complexity index is 407. The second-order valence-corrected chi connectivity index (χ2v) is 3.40. The summed E-state index contributed by atoms with van der Waals surface area (Å²) in [5, 5.41) is 10.4. The van der Waals surface area contributed by atoms with Crippen LogP contribution in [0, 0.1) is 10.1 Å². The molecule has 4 heteroatoms. The van der Waals surface area contributed by atoms with Crippen LogP contribution in [0.25, 0.3) is 6.08 Å². The van der Waals surface area contributed by atoms with Crippen LogP contribution in [0.3, 0.4) is 0 Å². The topological polar surface area (TPSA) is 60.2 Å². The molecule has 0 saturated heterocycles. The fourth-order valence-corrected chi connectivity index (χ4v) is 1.23. The van der Waals surface area contributed by atoms with Crippen molar-refractivity contribution in [2.45, 2.75) is 19.8 Å². The molecule has 1 aromatic rings. The molecule has 84 valence electrons. The second kappa shape index (κ2) is 5.80. The number of carbonyl (C=O) groups excluding carboxylic acids is 1. The van der Waals surface area contributed by atoms with Gasteiger partial charge in [-0.1, -0.05) is 13.0 Å². The number of rotatable bonds is 5. The molecular formula is C12H13NO3. The molecule has 4 nitrogen and oxygen atoms in total. The third kappa shape index (κ3) is 3.65. The molecule has 0 atom stereocenters. The summed E-state index contributed by atoms with van der Waals surface area (Å²) in [4.78, 5) is 21.1. The molecule has 0 aliphatic carbocycles. The van der Waals surface area contributed by atoms with Crippen LogP contribution < -0.4 is 0 Å². The number of ketones is 1. The second-order valence-electron chi connectivity index (χ2n) is 3.40. The van der Waals surface area contributed by atoms with E-state index in [1.807, 2.05) is 6.92 Å². The Kier molecular flexibility index (Phi) is 4.39. The molecule has 0 heterocycles. The van der Waals surface area contributed by atoms with Gasteiger partial charge in [-0.05, 0) is 30.2 Å². The molecule has 0 N–H and O–H groups in total. The van der Waals surface area contributed by atoms with Gasteiger partial charge < -0.3 is 0 Å². The molecule has 1 rings (SSSR count). The van der Waals surface area contributed by atoms with E-state index in [1.54, 1.807) is 18.2 Å². The van der Waals surface area contributed by atoms with Gasteiger partial charge in [0.1, 0.15) is 0 Å². The van der Waals surface area contributed by atoms with Crippen molar-refractivity contribution in [2.75, 3.05) is 0 Å². The van der Waals surface area contributed by atoms with Gasteiger partial charge in [0.05, 0.1) is 4.92 Å². The van der Waals surface area contributed by atoms with Crippen LogP contribution in [0.1, 0.15) is 25.3 Å². The number of hydrogen-bond donors (Lipinski definition) is 0. The highest BCUT2D eigenvalue weighted by molar-refractivity contribution is 5.93. The molecule has 0 fully saturated rings. The van der Waals surface area contributed by atoms with E-state index in [-0.39, 0.29) is 11.5 Å². The standard InChI is InChI=1S/C12H13NO3/c1-2-3-12(14)9-6-10-4-7-11(8-5-10)13(15)16/h4-9H,2-3H2,1H3/b9-6+. The van der Waals surface area contributed by atoms with E-state index in [0.717, 1.165) is 12.0 Å². The Balaban J connectivity index is 2.68. The lowest BCUT2D eigenvalue weighted by Gasteiger charge is -1.93. The van der Waals surface area contributed by atoms with Gasteiger partial charge >= 0.3 is 0 Å². The molecule has 0 spiro atoms. The van der Waals surface area contributed by atoms with E-state index in [2.05, 4.69) is 0 Å². The highest BCUT2D eigenvalue weighted by Crippen LogP contribution is 2.12. The first-order valence-electron chi connectivity index (χ1n) is 5.09. The Morgan fingerprint density at radius 1 is 1.38 bits per heavy atom. The van der Waals surface area contributed by atoms with Gasteiger partial charge in [-0.2, -0.15) is 0 Å². The number of benzene rings is 1. The van der Waals surface area contributed by atoms with E-state index in [0.29, 0.717) is 6.42 Å². The largest absolute Gasteiger partial charge is 0.295 e. The summed E-state index contributed by atoms with van der Waals surface area (Å²) >= 11 is 0.